The molecule has 22 heavy (non-hydrogen) atoms. The highest BCUT2D eigenvalue weighted by molar-refractivity contribution is 7.89. The van der Waals surface area contributed by atoms with Gasteiger partial charge in [0.1, 0.15) is 6.54 Å². The zero-order chi connectivity index (χ0) is 16.2. The number of hydrogen-bond donors (Lipinski definition) is 0. The van der Waals surface area contributed by atoms with E-state index < -0.39 is 16.0 Å². The largest absolute Gasteiger partial charge is 0.468 e. The van der Waals surface area contributed by atoms with Crippen LogP contribution in [0.15, 0.2) is 41.4 Å². The summed E-state index contributed by atoms with van der Waals surface area (Å²) in [5, 5.41) is 0.538. The van der Waals surface area contributed by atoms with Gasteiger partial charge in [0.2, 0.25) is 10.0 Å². The van der Waals surface area contributed by atoms with Crippen LogP contribution in [-0.4, -0.2) is 43.9 Å². The van der Waals surface area contributed by atoms with Crippen molar-refractivity contribution in [2.45, 2.75) is 18.2 Å². The summed E-state index contributed by atoms with van der Waals surface area (Å²) in [6.07, 6.45) is 2.20. The van der Waals surface area contributed by atoms with E-state index in [1.165, 1.54) is 13.2 Å². The highest BCUT2D eigenvalue weighted by atomic mass is 32.2. The number of benzene rings is 1. The number of hydrogen-bond acceptors (Lipinski definition) is 5. The summed E-state index contributed by atoms with van der Waals surface area (Å²) in [7, 11) is -2.57. The molecule has 7 heteroatoms. The summed E-state index contributed by atoms with van der Waals surface area (Å²) < 4.78 is 31.5. The monoisotopic (exact) mass is 322 g/mol. The van der Waals surface area contributed by atoms with Gasteiger partial charge in [-0.3, -0.25) is 9.78 Å². The van der Waals surface area contributed by atoms with E-state index in [0.717, 1.165) is 4.31 Å². The Labute approximate surface area is 129 Å². The Morgan fingerprint density at radius 1 is 1.27 bits per heavy atom. The van der Waals surface area contributed by atoms with E-state index in [1.807, 2.05) is 6.92 Å². The Kier molecular flexibility index (Phi) is 5.10. The molecule has 0 saturated heterocycles. The average molecular weight is 322 g/mol. The Morgan fingerprint density at radius 2 is 2.05 bits per heavy atom. The molecule has 0 atom stereocenters. The summed E-state index contributed by atoms with van der Waals surface area (Å²) in [5.74, 6) is -0.588. The van der Waals surface area contributed by atoms with Crippen LogP contribution in [0, 0.1) is 0 Å². The normalized spacial score (nSPS) is 11.8. The van der Waals surface area contributed by atoms with E-state index in [1.54, 1.807) is 30.5 Å². The number of methoxy groups -OCH3 is 1. The van der Waals surface area contributed by atoms with Crippen molar-refractivity contribution in [2.75, 3.05) is 20.2 Å². The van der Waals surface area contributed by atoms with Crippen molar-refractivity contribution in [3.8, 4) is 0 Å². The van der Waals surface area contributed by atoms with Gasteiger partial charge in [0.25, 0.3) is 0 Å². The molecular weight excluding hydrogens is 304 g/mol. The molecule has 2 aromatic rings. The fraction of sp³-hybridized carbons (Fsp3) is 0.333. The van der Waals surface area contributed by atoms with Crippen LogP contribution in [0.25, 0.3) is 10.9 Å². The number of fused-ring (bicyclic) bond motifs is 1. The fourth-order valence-corrected chi connectivity index (χ4v) is 3.86. The summed E-state index contributed by atoms with van der Waals surface area (Å²) >= 11 is 0. The van der Waals surface area contributed by atoms with Crippen LogP contribution in [0.3, 0.4) is 0 Å². The number of nitrogens with zero attached hydrogens (tertiary/aromatic N) is 2. The van der Waals surface area contributed by atoms with Crippen molar-refractivity contribution >= 4 is 26.9 Å². The first kappa shape index (κ1) is 16.4. The number of carbonyl (C=O) groups excluding carboxylic acids is 1. The van der Waals surface area contributed by atoms with Gasteiger partial charge >= 0.3 is 5.97 Å². The Bertz CT molecular complexity index is 769. The minimum Gasteiger partial charge on any atom is -0.468 e. The third-order valence-electron chi connectivity index (χ3n) is 3.23. The quantitative estimate of drug-likeness (QED) is 0.758. The number of sulfonamides is 1. The lowest BCUT2D eigenvalue weighted by Crippen LogP contribution is -2.36. The summed E-state index contributed by atoms with van der Waals surface area (Å²) in [4.78, 5) is 15.8. The topological polar surface area (TPSA) is 76.6 Å². The van der Waals surface area contributed by atoms with Crippen molar-refractivity contribution in [3.63, 3.8) is 0 Å². The molecule has 0 aliphatic heterocycles. The fourth-order valence-electron chi connectivity index (χ4n) is 2.18. The molecule has 1 aromatic carbocycles. The molecule has 1 aromatic heterocycles. The minimum atomic E-state index is -3.80. The molecule has 2 rings (SSSR count). The molecule has 0 unspecified atom stereocenters. The maximum absolute atomic E-state index is 12.9. The molecule has 118 valence electrons. The molecule has 6 nitrogen and oxygen atoms in total. The van der Waals surface area contributed by atoms with E-state index in [2.05, 4.69) is 9.72 Å². The second-order valence-corrected chi connectivity index (χ2v) is 6.65. The van der Waals surface area contributed by atoms with Gasteiger partial charge in [-0.1, -0.05) is 13.0 Å². The molecular formula is C15H18N2O4S. The van der Waals surface area contributed by atoms with Gasteiger partial charge in [0.05, 0.1) is 17.5 Å². The number of pyridine rings is 1. The van der Waals surface area contributed by atoms with Crippen molar-refractivity contribution in [2.24, 2.45) is 0 Å². The Morgan fingerprint density at radius 3 is 2.73 bits per heavy atom. The molecule has 0 N–H and O–H groups in total. The zero-order valence-electron chi connectivity index (χ0n) is 12.5. The van der Waals surface area contributed by atoms with Crippen LogP contribution < -0.4 is 0 Å². The summed E-state index contributed by atoms with van der Waals surface area (Å²) in [6, 6.07) is 8.31. The van der Waals surface area contributed by atoms with Gasteiger partial charge in [-0.2, -0.15) is 4.31 Å². The van der Waals surface area contributed by atoms with Crippen LogP contribution in [0.4, 0.5) is 0 Å². The number of ether oxygens (including phenoxy) is 1. The highest BCUT2D eigenvalue weighted by Gasteiger charge is 2.27. The summed E-state index contributed by atoms with van der Waals surface area (Å²) in [5.41, 5.74) is 0.595. The first-order chi connectivity index (χ1) is 10.5. The number of carbonyl (C=O) groups is 1. The summed E-state index contributed by atoms with van der Waals surface area (Å²) in [6.45, 7) is 1.79. The maximum atomic E-state index is 12.9. The lowest BCUT2D eigenvalue weighted by atomic mass is 10.2. The van der Waals surface area contributed by atoms with Crippen molar-refractivity contribution in [1.82, 2.24) is 9.29 Å². The highest BCUT2D eigenvalue weighted by Crippen LogP contribution is 2.24. The Balaban J connectivity index is 2.52. The molecule has 0 aliphatic rings. The number of aromatic nitrogens is 1. The van der Waals surface area contributed by atoms with Gasteiger partial charge in [0.15, 0.2) is 0 Å². The van der Waals surface area contributed by atoms with Crippen LogP contribution >= 0.6 is 0 Å². The number of esters is 1. The lowest BCUT2D eigenvalue weighted by molar-refractivity contribution is -0.140. The standard InChI is InChI=1S/C15H18N2O4S/c1-3-10-17(11-15(18)21-2)22(19,20)14-8-4-7-13-12(14)6-5-9-16-13/h4-9H,3,10-11H2,1-2H3. The molecule has 0 saturated carbocycles. The molecule has 0 amide bonds. The average Bonchev–Trinajstić information content (AvgIpc) is 2.53. The van der Waals surface area contributed by atoms with Gasteiger partial charge in [0, 0.05) is 18.1 Å². The van der Waals surface area contributed by atoms with Gasteiger partial charge in [-0.25, -0.2) is 8.42 Å². The maximum Gasteiger partial charge on any atom is 0.321 e. The van der Waals surface area contributed by atoms with Crippen LogP contribution in [0.1, 0.15) is 13.3 Å². The molecule has 0 spiro atoms. The number of rotatable bonds is 6. The van der Waals surface area contributed by atoms with Crippen LogP contribution in [0.2, 0.25) is 0 Å². The predicted octanol–water partition coefficient (Wildman–Crippen LogP) is 1.81. The molecule has 0 aliphatic carbocycles. The molecule has 0 fully saturated rings. The predicted molar refractivity (Wildman–Crippen MR) is 82.8 cm³/mol. The second kappa shape index (κ2) is 6.85. The van der Waals surface area contributed by atoms with Crippen LogP contribution in [-0.2, 0) is 19.6 Å². The second-order valence-electron chi connectivity index (χ2n) is 4.74. The zero-order valence-corrected chi connectivity index (χ0v) is 13.3. The minimum absolute atomic E-state index is 0.149. The van der Waals surface area contributed by atoms with Gasteiger partial charge in [-0.05, 0) is 30.7 Å². The van der Waals surface area contributed by atoms with Crippen molar-refractivity contribution < 1.29 is 17.9 Å². The Hall–Kier alpha value is -1.99. The third-order valence-corrected chi connectivity index (χ3v) is 5.13. The first-order valence-electron chi connectivity index (χ1n) is 6.91. The van der Waals surface area contributed by atoms with E-state index in [9.17, 15) is 13.2 Å². The first-order valence-corrected chi connectivity index (χ1v) is 8.35. The van der Waals surface area contributed by atoms with Crippen molar-refractivity contribution in [3.05, 3.63) is 36.5 Å². The molecule has 0 bridgehead atoms. The van der Waals surface area contributed by atoms with E-state index in [-0.39, 0.29) is 18.0 Å². The van der Waals surface area contributed by atoms with E-state index >= 15 is 0 Å². The van der Waals surface area contributed by atoms with Crippen LogP contribution in [0.5, 0.6) is 0 Å². The third kappa shape index (κ3) is 3.26. The van der Waals surface area contributed by atoms with Gasteiger partial charge < -0.3 is 4.74 Å². The van der Waals surface area contributed by atoms with Gasteiger partial charge in [-0.15, -0.1) is 0 Å². The molecule has 1 heterocycles. The van der Waals surface area contributed by atoms with E-state index in [4.69, 9.17) is 0 Å². The lowest BCUT2D eigenvalue weighted by Gasteiger charge is -2.21. The SMILES string of the molecule is CCCN(CC(=O)OC)S(=O)(=O)c1cccc2ncccc12. The molecule has 0 radical (unpaired) electrons. The smallest absolute Gasteiger partial charge is 0.321 e. The van der Waals surface area contributed by atoms with Crippen molar-refractivity contribution in [1.29, 1.82) is 0 Å². The van der Waals surface area contributed by atoms with E-state index in [0.29, 0.717) is 17.3 Å².